The van der Waals surface area contributed by atoms with Crippen molar-refractivity contribution < 1.29 is 114 Å². The van der Waals surface area contributed by atoms with Crippen LogP contribution in [0.3, 0.4) is 0 Å². The summed E-state index contributed by atoms with van der Waals surface area (Å²) in [6.07, 6.45) is 10.9. The third kappa shape index (κ3) is 27.7. The summed E-state index contributed by atoms with van der Waals surface area (Å²) in [5, 5.41) is 37.6. The number of nitrogens with zero attached hydrogens (tertiary/aromatic N) is 8. The van der Waals surface area contributed by atoms with E-state index in [1.165, 1.54) is 134 Å². The first-order chi connectivity index (χ1) is 54.5. The summed E-state index contributed by atoms with van der Waals surface area (Å²) in [5.41, 5.74) is 5.64. The lowest BCUT2D eigenvalue weighted by molar-refractivity contribution is -1.07. The third-order valence-corrected chi connectivity index (χ3v) is 28.3. The van der Waals surface area contributed by atoms with Gasteiger partial charge in [0.2, 0.25) is 49.4 Å². The van der Waals surface area contributed by atoms with Crippen molar-refractivity contribution in [2.24, 2.45) is 0 Å². The average molecular weight is 1710 g/mol. The zero-order valence-electron chi connectivity index (χ0n) is 69.1. The van der Waals surface area contributed by atoms with Crippen LogP contribution < -0.4 is 41.5 Å². The Hall–Kier alpha value is -8.66. The molecule has 12 rings (SSSR count). The monoisotopic (exact) mass is 1700 g/mol. The Morgan fingerprint density at radius 2 is 0.897 bits per heavy atom. The Bertz CT molecular complexity index is 4790. The molecule has 8 aliphatic rings. The molecular weight excluding hydrogens is 1590 g/mol. The predicted octanol–water partition coefficient (Wildman–Crippen LogP) is 0.973. The molecule has 4 N–H and O–H groups in total. The number of quaternary nitrogens is 4. The number of rotatable bonds is 35. The molecule has 6 saturated heterocycles. The number of hydrogen-bond donors (Lipinski definition) is 4. The molecule has 8 heterocycles. The van der Waals surface area contributed by atoms with Crippen molar-refractivity contribution in [1.82, 2.24) is 19.2 Å². The molecule has 0 unspecified atom stereocenters. The normalized spacial score (nSPS) is 21.3. The van der Waals surface area contributed by atoms with Crippen molar-refractivity contribution in [3.8, 4) is 0 Å². The topological polar surface area (TPSA) is 432 Å². The molecule has 0 aromatic heterocycles. The number of nitrogens with one attached hydrogen (secondary N) is 4. The van der Waals surface area contributed by atoms with Crippen LogP contribution in [0.2, 0.25) is 0 Å². The molecule has 117 heavy (non-hydrogen) atoms. The minimum absolute atomic E-state index is 0.0127. The number of sulfonamides is 2. The highest BCUT2D eigenvalue weighted by molar-refractivity contribution is 7.89. The first kappa shape index (κ1) is 95.5. The highest BCUT2D eigenvalue weighted by Crippen LogP contribution is 2.49. The molecule has 0 atom stereocenters. The van der Waals surface area contributed by atoms with Crippen LogP contribution in [0.1, 0.15) is 109 Å². The second-order valence-electron chi connectivity index (χ2n) is 32.8. The van der Waals surface area contributed by atoms with Crippen molar-refractivity contribution in [3.63, 3.8) is 0 Å². The summed E-state index contributed by atoms with van der Waals surface area (Å²) in [4.78, 5) is 80.0. The molecule has 4 aromatic rings. The fourth-order valence-electron chi connectivity index (χ4n) is 15.7. The largest absolute Gasteiger partial charge is 0.748 e. The SMILES string of the molecule is CC(=O)[O-].CC(=O)[O-].CC(=O)[O-].CN(CCCC(=O)NCC(=O)Nc1ccc(CC[N+]23CC[N+](C)(CC2)CC3)cc1)S(=O)(=O)c1ccc2c(c1)C(C)(C)C(/C=C/C=C/C=C1/N(CCCS(=O)(=O)[O-])c3ccc(S(=O)(=O)N(C)CCCC(=O)NCC(=O)Nc4ccc(CC[N+]56CC[N+](C)(CC5)CC6)cc4)cc3C1(C)C)=[N+]2CCCS(=O)(=O)[O-]. The number of hydrogen-bond acceptors (Lipinski definition) is 21. The van der Waals surface area contributed by atoms with Crippen LogP contribution in [-0.4, -0.2) is 292 Å². The lowest BCUT2D eigenvalue weighted by Gasteiger charge is -2.54. The van der Waals surface area contributed by atoms with Gasteiger partial charge in [-0.2, -0.15) is 4.58 Å². The number of anilines is 3. The van der Waals surface area contributed by atoms with Gasteiger partial charge in [0, 0.05) is 141 Å². The molecule has 32 nitrogen and oxygen atoms in total. The van der Waals surface area contributed by atoms with Crippen molar-refractivity contribution in [2.45, 2.75) is 120 Å². The number of amides is 4. The van der Waals surface area contributed by atoms with Gasteiger partial charge in [-0.1, -0.05) is 56.3 Å². The summed E-state index contributed by atoms with van der Waals surface area (Å²) < 4.78 is 137. The third-order valence-electron chi connectivity index (χ3n) is 23.0. The summed E-state index contributed by atoms with van der Waals surface area (Å²) in [7, 11) is -9.86. The summed E-state index contributed by atoms with van der Waals surface area (Å²) in [6.45, 7) is 27.0. The van der Waals surface area contributed by atoms with E-state index in [2.05, 4.69) is 35.4 Å². The number of aliphatic carboxylic acids is 3. The number of benzene rings is 4. The van der Waals surface area contributed by atoms with Gasteiger partial charge in [0.25, 0.3) is 0 Å². The van der Waals surface area contributed by atoms with Gasteiger partial charge in [-0.05, 0) is 131 Å². The van der Waals surface area contributed by atoms with Crippen molar-refractivity contribution in [3.05, 3.63) is 143 Å². The van der Waals surface area contributed by atoms with E-state index in [0.717, 1.165) is 55.3 Å². The molecule has 6 fully saturated rings. The van der Waals surface area contributed by atoms with Gasteiger partial charge in [0.05, 0.1) is 75.7 Å². The van der Waals surface area contributed by atoms with E-state index in [9.17, 15) is 62.0 Å². The Morgan fingerprint density at radius 3 is 1.31 bits per heavy atom. The highest BCUT2D eigenvalue weighted by atomic mass is 32.2. The lowest BCUT2D eigenvalue weighted by atomic mass is 9.81. The van der Waals surface area contributed by atoms with E-state index >= 15 is 0 Å². The van der Waals surface area contributed by atoms with E-state index in [1.807, 2.05) is 85.7 Å². The Balaban J connectivity index is 0.00000147. The Labute approximate surface area is 689 Å². The summed E-state index contributed by atoms with van der Waals surface area (Å²) >= 11 is 0. The first-order valence-electron chi connectivity index (χ1n) is 39.3. The maximum atomic E-state index is 14.2. The second kappa shape index (κ2) is 40.4. The number of likely N-dealkylation sites (N-methyl/N-ethyl adjacent to an activating group) is 2. The predicted molar refractivity (Wildman–Crippen MR) is 436 cm³/mol. The zero-order chi connectivity index (χ0) is 86.8. The van der Waals surface area contributed by atoms with Crippen molar-refractivity contribution in [1.29, 1.82) is 0 Å². The molecule has 0 saturated carbocycles. The van der Waals surface area contributed by atoms with Gasteiger partial charge in [-0.3, -0.25) is 19.2 Å². The van der Waals surface area contributed by atoms with Crippen LogP contribution in [0.15, 0.2) is 131 Å². The van der Waals surface area contributed by atoms with Crippen molar-refractivity contribution in [2.75, 3.05) is 186 Å². The number of carbonyl (C=O) groups is 7. The van der Waals surface area contributed by atoms with E-state index in [4.69, 9.17) is 29.7 Å². The maximum absolute atomic E-state index is 14.2. The highest BCUT2D eigenvalue weighted by Gasteiger charge is 2.49. The van der Waals surface area contributed by atoms with Gasteiger partial charge in [-0.25, -0.2) is 42.3 Å². The maximum Gasteiger partial charge on any atom is 0.243 e. The lowest BCUT2D eigenvalue weighted by Crippen LogP contribution is -2.73. The number of fused-ring (bicyclic) bond motifs is 8. The molecule has 4 amide bonds. The van der Waals surface area contributed by atoms with E-state index < -0.39 is 104 Å². The van der Waals surface area contributed by atoms with Crippen LogP contribution in [0.5, 0.6) is 0 Å². The van der Waals surface area contributed by atoms with E-state index in [0.29, 0.717) is 45.3 Å². The zero-order valence-corrected chi connectivity index (χ0v) is 72.3. The number of allylic oxidation sites excluding steroid dienone is 6. The molecular formula is C81H116N12O20S4. The molecule has 644 valence electrons. The van der Waals surface area contributed by atoms with E-state index in [-0.39, 0.29) is 87.6 Å². The minimum Gasteiger partial charge on any atom is -0.748 e. The van der Waals surface area contributed by atoms with Gasteiger partial charge < -0.3 is 82.9 Å². The molecule has 0 radical (unpaired) electrons. The first-order valence-corrected chi connectivity index (χ1v) is 45.3. The van der Waals surface area contributed by atoms with Gasteiger partial charge in [0.1, 0.15) is 85.1 Å². The molecule has 0 spiro atoms. The van der Waals surface area contributed by atoms with Crippen LogP contribution in [0.4, 0.5) is 22.7 Å². The number of carbonyl (C=O) groups excluding carboxylic acids is 7. The van der Waals surface area contributed by atoms with Gasteiger partial charge in [0.15, 0.2) is 5.71 Å². The van der Waals surface area contributed by atoms with Crippen LogP contribution in [0.25, 0.3) is 0 Å². The molecule has 36 heteroatoms. The Morgan fingerprint density at radius 1 is 0.504 bits per heavy atom. The number of piperazine rings is 6. The minimum atomic E-state index is -4.58. The van der Waals surface area contributed by atoms with Gasteiger partial charge >= 0.3 is 0 Å². The molecule has 0 aliphatic carbocycles. The molecule has 4 aromatic carbocycles. The van der Waals surface area contributed by atoms with Crippen LogP contribution in [-0.2, 0) is 97.5 Å². The van der Waals surface area contributed by atoms with E-state index in [1.54, 1.807) is 54.6 Å². The van der Waals surface area contributed by atoms with Gasteiger partial charge in [-0.15, -0.1) is 0 Å². The van der Waals surface area contributed by atoms with Crippen LogP contribution >= 0.6 is 0 Å². The second-order valence-corrected chi connectivity index (χ2v) is 39.9. The smallest absolute Gasteiger partial charge is 0.243 e. The number of carboxylic acid groups (broad SMARTS) is 3. The summed E-state index contributed by atoms with van der Waals surface area (Å²) in [6, 6.07) is 25.0. The quantitative estimate of drug-likeness (QED) is 0.0216. The fraction of sp³-hybridized carbons (Fsp3) is 0.531. The Kier molecular flexibility index (Phi) is 33.0. The standard InChI is InChI=1S/C75H104N12O14S4.3C2H4O2/c1-74(2)64-54-62(104(98,99)80(5)34-12-18-70(88)76-56-72(90)78-60-24-20-58(21-25-60)32-38-86-46-40-84(7,41-47-86)42-48-86)28-30-66(64)82(36-14-52-102(92,93)94)68(74)16-10-9-11-17-69-75(3,4)65-55-63(29-31-67(65)83(69)37-15-53-103(95,96)97)105(100,101)81(6)35-13-19-71(89)77-57-73(91)79-61-26-22-59(23-27-61)33-39-87-49-43-85(8,44-50-87)45-51-87;3*1-2(3)4/h9-11,16-17,20-31,54-55H,12-15,18-19,32-53,56-57H2,1-8H3,(H-5,76,77,78,79,88,89,90,91,92,93,94,95,96,97);3*1H3,(H,3,4). The summed E-state index contributed by atoms with van der Waals surface area (Å²) in [5.74, 6) is -6.14. The molecule has 8 aliphatic heterocycles. The average Bonchev–Trinajstić information content (AvgIpc) is 1.54. The fourth-order valence-corrected chi connectivity index (χ4v) is 19.2. The van der Waals surface area contributed by atoms with Crippen LogP contribution in [0, 0.1) is 0 Å². The molecule has 4 bridgehead atoms. The van der Waals surface area contributed by atoms with Crippen molar-refractivity contribution >= 4 is 110 Å². The number of carboxylic acids is 3.